The van der Waals surface area contributed by atoms with Gasteiger partial charge in [-0.3, -0.25) is 4.90 Å². The van der Waals surface area contributed by atoms with E-state index in [9.17, 15) is 5.11 Å². The molecule has 1 aliphatic carbocycles. The maximum absolute atomic E-state index is 10.3. The molecular formula is C18H36N2O2. The second kappa shape index (κ2) is 8.62. The van der Waals surface area contributed by atoms with Crippen molar-refractivity contribution >= 4 is 0 Å². The van der Waals surface area contributed by atoms with E-state index in [0.717, 1.165) is 45.1 Å². The van der Waals surface area contributed by atoms with Crippen LogP contribution in [-0.2, 0) is 4.74 Å². The molecule has 1 heterocycles. The quantitative estimate of drug-likeness (QED) is 0.814. The van der Waals surface area contributed by atoms with Gasteiger partial charge in [-0.15, -0.1) is 0 Å². The molecule has 1 N–H and O–H groups in total. The molecule has 130 valence electrons. The van der Waals surface area contributed by atoms with Crippen molar-refractivity contribution in [3.05, 3.63) is 0 Å². The average molecular weight is 312 g/mol. The van der Waals surface area contributed by atoms with Crippen LogP contribution in [0.2, 0.25) is 0 Å². The Kier molecular flexibility index (Phi) is 7.13. The molecule has 0 bridgehead atoms. The predicted octanol–water partition coefficient (Wildman–Crippen LogP) is 2.07. The molecule has 0 spiro atoms. The molecule has 1 aliphatic heterocycles. The van der Waals surface area contributed by atoms with Crippen LogP contribution < -0.4 is 0 Å². The molecule has 1 saturated heterocycles. The van der Waals surface area contributed by atoms with Gasteiger partial charge in [-0.25, -0.2) is 0 Å². The Morgan fingerprint density at radius 2 is 1.82 bits per heavy atom. The van der Waals surface area contributed by atoms with Crippen LogP contribution in [0.4, 0.5) is 0 Å². The van der Waals surface area contributed by atoms with Crippen LogP contribution in [-0.4, -0.2) is 73.5 Å². The highest BCUT2D eigenvalue weighted by molar-refractivity contribution is 4.82. The minimum absolute atomic E-state index is 0.339. The fraction of sp³-hybridized carbons (Fsp3) is 1.00. The molecule has 4 atom stereocenters. The summed E-state index contributed by atoms with van der Waals surface area (Å²) in [5, 5.41) is 10.3. The van der Waals surface area contributed by atoms with Gasteiger partial charge in [0.2, 0.25) is 0 Å². The van der Waals surface area contributed by atoms with E-state index < -0.39 is 0 Å². The van der Waals surface area contributed by atoms with Gasteiger partial charge in [0.1, 0.15) is 0 Å². The van der Waals surface area contributed by atoms with Crippen molar-refractivity contribution in [3.63, 3.8) is 0 Å². The van der Waals surface area contributed by atoms with Crippen LogP contribution in [0.3, 0.4) is 0 Å². The summed E-state index contributed by atoms with van der Waals surface area (Å²) in [6.07, 6.45) is 3.74. The Morgan fingerprint density at radius 1 is 1.14 bits per heavy atom. The zero-order valence-corrected chi connectivity index (χ0v) is 15.0. The van der Waals surface area contributed by atoms with Crippen LogP contribution in [0.5, 0.6) is 0 Å². The molecule has 0 unspecified atom stereocenters. The van der Waals surface area contributed by atoms with Crippen molar-refractivity contribution in [1.29, 1.82) is 0 Å². The zero-order valence-electron chi connectivity index (χ0n) is 15.0. The summed E-state index contributed by atoms with van der Waals surface area (Å²) < 4.78 is 6.16. The molecular weight excluding hydrogens is 276 g/mol. The lowest BCUT2D eigenvalue weighted by Gasteiger charge is -2.38. The molecule has 0 radical (unpaired) electrons. The SMILES string of the molecule is CC(C)[C@H]1CC[C@@H](C)C[C@@H]1OC[C@H](O)CN1CCN(C)CC1. The van der Waals surface area contributed by atoms with E-state index in [-0.39, 0.29) is 6.10 Å². The van der Waals surface area contributed by atoms with Crippen molar-refractivity contribution in [1.82, 2.24) is 9.80 Å². The average Bonchev–Trinajstić information content (AvgIpc) is 2.47. The lowest BCUT2D eigenvalue weighted by Crippen LogP contribution is -2.48. The lowest BCUT2D eigenvalue weighted by molar-refractivity contribution is -0.0751. The second-order valence-corrected chi connectivity index (χ2v) is 7.96. The number of nitrogens with zero attached hydrogens (tertiary/aromatic N) is 2. The highest BCUT2D eigenvalue weighted by atomic mass is 16.5. The summed E-state index contributed by atoms with van der Waals surface area (Å²) in [6, 6.07) is 0. The summed E-state index contributed by atoms with van der Waals surface area (Å²) in [5.41, 5.74) is 0. The first-order chi connectivity index (χ1) is 10.5. The topological polar surface area (TPSA) is 35.9 Å². The maximum Gasteiger partial charge on any atom is 0.0900 e. The third kappa shape index (κ3) is 5.48. The van der Waals surface area contributed by atoms with Gasteiger partial charge in [-0.2, -0.15) is 0 Å². The molecule has 0 aromatic carbocycles. The van der Waals surface area contributed by atoms with Crippen molar-refractivity contribution in [2.45, 2.75) is 52.2 Å². The van der Waals surface area contributed by atoms with Gasteiger partial charge in [-0.1, -0.05) is 27.2 Å². The van der Waals surface area contributed by atoms with E-state index in [1.54, 1.807) is 0 Å². The molecule has 0 aromatic heterocycles. The smallest absolute Gasteiger partial charge is 0.0900 e. The molecule has 1 saturated carbocycles. The van der Waals surface area contributed by atoms with Crippen LogP contribution in [0.25, 0.3) is 0 Å². The number of rotatable bonds is 6. The van der Waals surface area contributed by atoms with Crippen molar-refractivity contribution in [3.8, 4) is 0 Å². The van der Waals surface area contributed by atoms with Gasteiger partial charge < -0.3 is 14.7 Å². The molecule has 0 aromatic rings. The zero-order chi connectivity index (χ0) is 16.1. The minimum atomic E-state index is -0.353. The number of hydrogen-bond acceptors (Lipinski definition) is 4. The minimum Gasteiger partial charge on any atom is -0.389 e. The van der Waals surface area contributed by atoms with E-state index in [0.29, 0.717) is 24.5 Å². The monoisotopic (exact) mass is 312 g/mol. The van der Waals surface area contributed by atoms with Crippen molar-refractivity contribution in [2.24, 2.45) is 17.8 Å². The first kappa shape index (κ1) is 18.2. The van der Waals surface area contributed by atoms with Gasteiger partial charge in [0, 0.05) is 32.7 Å². The highest BCUT2D eigenvalue weighted by Gasteiger charge is 2.31. The number of likely N-dealkylation sites (N-methyl/N-ethyl adjacent to an activating group) is 1. The lowest BCUT2D eigenvalue weighted by atomic mass is 9.75. The first-order valence-corrected chi connectivity index (χ1v) is 9.16. The highest BCUT2D eigenvalue weighted by Crippen LogP contribution is 2.35. The van der Waals surface area contributed by atoms with Gasteiger partial charge in [0.05, 0.1) is 18.8 Å². The van der Waals surface area contributed by atoms with Gasteiger partial charge in [0.25, 0.3) is 0 Å². The summed E-state index contributed by atoms with van der Waals surface area (Å²) in [6.45, 7) is 12.5. The molecule has 2 aliphatic rings. The Morgan fingerprint density at radius 3 is 2.45 bits per heavy atom. The standard InChI is InChI=1S/C18H36N2O2/c1-14(2)17-6-5-15(3)11-18(17)22-13-16(21)12-20-9-7-19(4)8-10-20/h14-18,21H,5-13H2,1-4H3/t15-,16-,17-,18+/m1/s1. The van der Waals surface area contributed by atoms with E-state index >= 15 is 0 Å². The Balaban J connectivity index is 1.73. The number of aliphatic hydroxyl groups is 1. The van der Waals surface area contributed by atoms with E-state index in [4.69, 9.17) is 4.74 Å². The molecule has 2 fully saturated rings. The maximum atomic E-state index is 10.3. The van der Waals surface area contributed by atoms with Crippen LogP contribution >= 0.6 is 0 Å². The van der Waals surface area contributed by atoms with Crippen molar-refractivity contribution < 1.29 is 9.84 Å². The summed E-state index contributed by atoms with van der Waals surface area (Å²) in [5.74, 6) is 2.09. The fourth-order valence-electron chi connectivity index (χ4n) is 3.92. The first-order valence-electron chi connectivity index (χ1n) is 9.16. The van der Waals surface area contributed by atoms with Gasteiger partial charge >= 0.3 is 0 Å². The third-order valence-electron chi connectivity index (χ3n) is 5.53. The summed E-state index contributed by atoms with van der Waals surface area (Å²) >= 11 is 0. The van der Waals surface area contributed by atoms with Gasteiger partial charge in [-0.05, 0) is 37.6 Å². The van der Waals surface area contributed by atoms with Crippen LogP contribution in [0.15, 0.2) is 0 Å². The van der Waals surface area contributed by atoms with E-state index in [1.807, 2.05) is 0 Å². The number of β-amino-alcohol motifs (C(OH)–C–C–N with tert-alkyl or cyclic N) is 1. The van der Waals surface area contributed by atoms with Crippen molar-refractivity contribution in [2.75, 3.05) is 46.4 Å². The normalized spacial score (nSPS) is 33.3. The number of ether oxygens (including phenoxy) is 1. The molecule has 0 amide bonds. The molecule has 4 nitrogen and oxygen atoms in total. The number of aliphatic hydroxyl groups excluding tert-OH is 1. The summed E-state index contributed by atoms with van der Waals surface area (Å²) in [7, 11) is 2.16. The van der Waals surface area contributed by atoms with Crippen LogP contribution in [0, 0.1) is 17.8 Å². The molecule has 4 heteroatoms. The van der Waals surface area contributed by atoms with E-state index in [1.165, 1.54) is 12.8 Å². The van der Waals surface area contributed by atoms with E-state index in [2.05, 4.69) is 37.6 Å². The third-order valence-corrected chi connectivity index (χ3v) is 5.53. The van der Waals surface area contributed by atoms with Crippen LogP contribution in [0.1, 0.15) is 40.0 Å². The second-order valence-electron chi connectivity index (χ2n) is 7.96. The number of hydrogen-bond donors (Lipinski definition) is 1. The molecule has 2 rings (SSSR count). The Labute approximate surface area is 136 Å². The largest absolute Gasteiger partial charge is 0.389 e. The predicted molar refractivity (Wildman–Crippen MR) is 91.0 cm³/mol. The fourth-order valence-corrected chi connectivity index (χ4v) is 3.92. The summed E-state index contributed by atoms with van der Waals surface area (Å²) in [4.78, 5) is 4.70. The molecule has 22 heavy (non-hydrogen) atoms. The Bertz CT molecular complexity index is 316. The van der Waals surface area contributed by atoms with Gasteiger partial charge in [0.15, 0.2) is 0 Å². The number of piperazine rings is 1. The Hall–Kier alpha value is -0.160.